The van der Waals surface area contributed by atoms with Crippen molar-refractivity contribution in [1.29, 1.82) is 0 Å². The van der Waals surface area contributed by atoms with E-state index in [1.165, 1.54) is 0 Å². The van der Waals surface area contributed by atoms with Crippen molar-refractivity contribution in [1.82, 2.24) is 4.98 Å². The van der Waals surface area contributed by atoms with Gasteiger partial charge in [0, 0.05) is 12.1 Å². The standard InChI is InChI=1S/C14H15N3O2/c15-8-11(16)13-3-1-2-12(17-13)9-4-6-10(7-5-9)14(18)19/h1-7,11H,8,15-16H2,(H,18,19). The van der Waals surface area contributed by atoms with Crippen LogP contribution in [-0.2, 0) is 0 Å². The summed E-state index contributed by atoms with van der Waals surface area (Å²) in [7, 11) is 0. The van der Waals surface area contributed by atoms with E-state index in [0.29, 0.717) is 6.54 Å². The number of aromatic carboxylic acids is 1. The molecule has 5 heteroatoms. The zero-order valence-electron chi connectivity index (χ0n) is 10.3. The van der Waals surface area contributed by atoms with Gasteiger partial charge in [0.1, 0.15) is 0 Å². The van der Waals surface area contributed by atoms with Crippen molar-refractivity contribution >= 4 is 5.97 Å². The summed E-state index contributed by atoms with van der Waals surface area (Å²) in [5.41, 5.74) is 13.9. The lowest BCUT2D eigenvalue weighted by Crippen LogP contribution is -2.21. The van der Waals surface area contributed by atoms with Crippen LogP contribution in [0.5, 0.6) is 0 Å². The zero-order valence-corrected chi connectivity index (χ0v) is 10.3. The van der Waals surface area contributed by atoms with Gasteiger partial charge in [0.25, 0.3) is 0 Å². The predicted octanol–water partition coefficient (Wildman–Crippen LogP) is 1.41. The van der Waals surface area contributed by atoms with Crippen LogP contribution in [-0.4, -0.2) is 22.6 Å². The second-order valence-corrected chi connectivity index (χ2v) is 4.17. The lowest BCUT2D eigenvalue weighted by atomic mass is 10.1. The average Bonchev–Trinajstić information content (AvgIpc) is 2.46. The molecule has 0 fully saturated rings. The molecule has 0 aliphatic rings. The van der Waals surface area contributed by atoms with Gasteiger partial charge in [-0.25, -0.2) is 4.79 Å². The van der Waals surface area contributed by atoms with E-state index in [2.05, 4.69) is 4.98 Å². The first-order valence-corrected chi connectivity index (χ1v) is 5.88. The number of nitrogens with zero attached hydrogens (tertiary/aromatic N) is 1. The van der Waals surface area contributed by atoms with Gasteiger partial charge < -0.3 is 16.6 Å². The molecule has 19 heavy (non-hydrogen) atoms. The third-order valence-electron chi connectivity index (χ3n) is 2.83. The molecule has 0 saturated carbocycles. The Morgan fingerprint density at radius 3 is 2.47 bits per heavy atom. The maximum absolute atomic E-state index is 10.8. The normalized spacial score (nSPS) is 12.1. The predicted molar refractivity (Wildman–Crippen MR) is 72.6 cm³/mol. The van der Waals surface area contributed by atoms with Gasteiger partial charge in [-0.05, 0) is 24.3 Å². The van der Waals surface area contributed by atoms with Gasteiger partial charge in [0.05, 0.1) is 23.0 Å². The molecule has 0 aliphatic carbocycles. The molecule has 0 amide bonds. The molecule has 0 saturated heterocycles. The van der Waals surface area contributed by atoms with Crippen LogP contribution >= 0.6 is 0 Å². The van der Waals surface area contributed by atoms with Crippen LogP contribution in [0.3, 0.4) is 0 Å². The largest absolute Gasteiger partial charge is 0.478 e. The number of aromatic nitrogens is 1. The first kappa shape index (κ1) is 13.2. The Labute approximate surface area is 110 Å². The summed E-state index contributed by atoms with van der Waals surface area (Å²) in [6.07, 6.45) is 0. The van der Waals surface area contributed by atoms with Crippen LogP contribution in [0.2, 0.25) is 0 Å². The molecule has 0 bridgehead atoms. The van der Waals surface area contributed by atoms with E-state index in [4.69, 9.17) is 16.6 Å². The van der Waals surface area contributed by atoms with Crippen molar-refractivity contribution in [2.75, 3.05) is 6.54 Å². The van der Waals surface area contributed by atoms with E-state index >= 15 is 0 Å². The number of nitrogens with two attached hydrogens (primary N) is 2. The number of pyridine rings is 1. The zero-order chi connectivity index (χ0) is 13.8. The van der Waals surface area contributed by atoms with Gasteiger partial charge in [0.15, 0.2) is 0 Å². The lowest BCUT2D eigenvalue weighted by molar-refractivity contribution is 0.0697. The molecular weight excluding hydrogens is 242 g/mol. The van der Waals surface area contributed by atoms with E-state index in [0.717, 1.165) is 17.0 Å². The van der Waals surface area contributed by atoms with Crippen LogP contribution in [0.25, 0.3) is 11.3 Å². The number of carboxylic acid groups (broad SMARTS) is 1. The van der Waals surface area contributed by atoms with Crippen molar-refractivity contribution in [3.05, 3.63) is 53.7 Å². The van der Waals surface area contributed by atoms with E-state index in [1.807, 2.05) is 18.2 Å². The molecule has 2 aromatic rings. The SMILES string of the molecule is NCC(N)c1cccc(-c2ccc(C(=O)O)cc2)n1. The van der Waals surface area contributed by atoms with Crippen molar-refractivity contribution < 1.29 is 9.90 Å². The highest BCUT2D eigenvalue weighted by Crippen LogP contribution is 2.19. The fourth-order valence-corrected chi connectivity index (χ4v) is 1.72. The molecule has 1 heterocycles. The van der Waals surface area contributed by atoms with Gasteiger partial charge >= 0.3 is 5.97 Å². The fraction of sp³-hybridized carbons (Fsp3) is 0.143. The van der Waals surface area contributed by atoms with Gasteiger partial charge in [-0.2, -0.15) is 0 Å². The Bertz CT molecular complexity index is 581. The topological polar surface area (TPSA) is 102 Å². The number of hydrogen-bond acceptors (Lipinski definition) is 4. The summed E-state index contributed by atoms with van der Waals surface area (Å²) in [5.74, 6) is -0.946. The number of carbonyl (C=O) groups is 1. The Hall–Kier alpha value is -2.24. The molecule has 98 valence electrons. The average molecular weight is 257 g/mol. The second-order valence-electron chi connectivity index (χ2n) is 4.17. The van der Waals surface area contributed by atoms with Crippen LogP contribution in [0.15, 0.2) is 42.5 Å². The quantitative estimate of drug-likeness (QED) is 0.768. The minimum atomic E-state index is -0.946. The summed E-state index contributed by atoms with van der Waals surface area (Å²) in [5, 5.41) is 8.85. The number of hydrogen-bond donors (Lipinski definition) is 3. The molecule has 1 unspecified atom stereocenters. The molecule has 2 rings (SSSR count). The van der Waals surface area contributed by atoms with Gasteiger partial charge in [-0.3, -0.25) is 4.98 Å². The Morgan fingerprint density at radius 2 is 1.89 bits per heavy atom. The van der Waals surface area contributed by atoms with Crippen LogP contribution in [0.1, 0.15) is 22.1 Å². The molecule has 0 radical (unpaired) electrons. The lowest BCUT2D eigenvalue weighted by Gasteiger charge is -2.10. The number of carboxylic acids is 1. The van der Waals surface area contributed by atoms with Crippen LogP contribution in [0, 0.1) is 0 Å². The summed E-state index contributed by atoms with van der Waals surface area (Å²) in [4.78, 5) is 15.2. The van der Waals surface area contributed by atoms with Crippen molar-refractivity contribution in [2.45, 2.75) is 6.04 Å². The molecule has 1 atom stereocenters. The Kier molecular flexibility index (Phi) is 3.89. The van der Waals surface area contributed by atoms with Crippen LogP contribution < -0.4 is 11.5 Å². The first-order chi connectivity index (χ1) is 9.11. The van der Waals surface area contributed by atoms with E-state index in [9.17, 15) is 4.79 Å². The molecule has 1 aromatic carbocycles. The Morgan fingerprint density at radius 1 is 1.21 bits per heavy atom. The third-order valence-corrected chi connectivity index (χ3v) is 2.83. The second kappa shape index (κ2) is 5.60. The minimum Gasteiger partial charge on any atom is -0.478 e. The van der Waals surface area contributed by atoms with Gasteiger partial charge in [-0.1, -0.05) is 18.2 Å². The molecule has 0 aliphatic heterocycles. The van der Waals surface area contributed by atoms with E-state index in [1.54, 1.807) is 24.3 Å². The third kappa shape index (κ3) is 2.96. The van der Waals surface area contributed by atoms with Gasteiger partial charge in [-0.15, -0.1) is 0 Å². The number of rotatable bonds is 4. The minimum absolute atomic E-state index is 0.249. The molecular formula is C14H15N3O2. The summed E-state index contributed by atoms with van der Waals surface area (Å²) < 4.78 is 0. The molecule has 0 spiro atoms. The van der Waals surface area contributed by atoms with Crippen molar-refractivity contribution in [3.63, 3.8) is 0 Å². The highest BCUT2D eigenvalue weighted by Gasteiger charge is 2.08. The van der Waals surface area contributed by atoms with Crippen molar-refractivity contribution in [3.8, 4) is 11.3 Å². The first-order valence-electron chi connectivity index (χ1n) is 5.88. The summed E-state index contributed by atoms with van der Waals surface area (Å²) in [6.45, 7) is 0.328. The van der Waals surface area contributed by atoms with E-state index in [-0.39, 0.29) is 11.6 Å². The Balaban J connectivity index is 2.33. The maximum atomic E-state index is 10.8. The smallest absolute Gasteiger partial charge is 0.335 e. The summed E-state index contributed by atoms with van der Waals surface area (Å²) in [6, 6.07) is 11.8. The molecule has 5 N–H and O–H groups in total. The van der Waals surface area contributed by atoms with E-state index < -0.39 is 5.97 Å². The fourth-order valence-electron chi connectivity index (χ4n) is 1.72. The highest BCUT2D eigenvalue weighted by molar-refractivity contribution is 5.88. The highest BCUT2D eigenvalue weighted by atomic mass is 16.4. The van der Waals surface area contributed by atoms with Gasteiger partial charge in [0.2, 0.25) is 0 Å². The van der Waals surface area contributed by atoms with Crippen LogP contribution in [0.4, 0.5) is 0 Å². The van der Waals surface area contributed by atoms with Crippen molar-refractivity contribution in [2.24, 2.45) is 11.5 Å². The monoisotopic (exact) mass is 257 g/mol. The summed E-state index contributed by atoms with van der Waals surface area (Å²) >= 11 is 0. The number of benzene rings is 1. The maximum Gasteiger partial charge on any atom is 0.335 e. The molecule has 5 nitrogen and oxygen atoms in total. The molecule has 1 aromatic heterocycles.